The lowest BCUT2D eigenvalue weighted by Crippen LogP contribution is -2.36. The van der Waals surface area contributed by atoms with Crippen molar-refractivity contribution >= 4 is 27.3 Å². The minimum atomic E-state index is -3.60. The second kappa shape index (κ2) is 7.68. The van der Waals surface area contributed by atoms with Crippen molar-refractivity contribution < 1.29 is 13.2 Å². The fourth-order valence-electron chi connectivity index (χ4n) is 2.88. The molecule has 1 aliphatic rings. The van der Waals surface area contributed by atoms with Crippen molar-refractivity contribution in [2.75, 3.05) is 13.1 Å². The molecule has 5 nitrogen and oxygen atoms in total. The third-order valence-corrected chi connectivity index (χ3v) is 7.33. The van der Waals surface area contributed by atoms with Gasteiger partial charge in [0.1, 0.15) is 9.77 Å². The highest BCUT2D eigenvalue weighted by molar-refractivity contribution is 7.89. The Balaban J connectivity index is 1.74. The van der Waals surface area contributed by atoms with E-state index in [2.05, 4.69) is 5.32 Å². The van der Waals surface area contributed by atoms with Gasteiger partial charge in [-0.05, 0) is 36.8 Å². The molecule has 0 atom stereocenters. The monoisotopic (exact) mass is 378 g/mol. The average molecular weight is 379 g/mol. The second-order valence-electron chi connectivity index (χ2n) is 6.25. The third-order valence-electron chi connectivity index (χ3n) is 4.34. The predicted octanol–water partition coefficient (Wildman–Crippen LogP) is 3.16. The van der Waals surface area contributed by atoms with E-state index in [1.54, 1.807) is 5.38 Å². The van der Waals surface area contributed by atoms with E-state index in [-0.39, 0.29) is 15.7 Å². The Morgan fingerprint density at radius 1 is 1.12 bits per heavy atom. The lowest BCUT2D eigenvalue weighted by atomic mass is 10.1. The fourth-order valence-corrected chi connectivity index (χ4v) is 5.71. The normalized spacial score (nSPS) is 15.9. The van der Waals surface area contributed by atoms with Crippen LogP contribution in [0.3, 0.4) is 0 Å². The molecular formula is C18H22N2O3S2. The third kappa shape index (κ3) is 4.11. The average Bonchev–Trinajstić information content (AvgIpc) is 3.12. The van der Waals surface area contributed by atoms with Crippen molar-refractivity contribution in [3.05, 3.63) is 51.7 Å². The van der Waals surface area contributed by atoms with Gasteiger partial charge in [-0.1, -0.05) is 36.2 Å². The van der Waals surface area contributed by atoms with E-state index < -0.39 is 10.0 Å². The van der Waals surface area contributed by atoms with Gasteiger partial charge < -0.3 is 5.32 Å². The smallest absolute Gasteiger partial charge is 0.263 e. The molecule has 1 aliphatic heterocycles. The van der Waals surface area contributed by atoms with Crippen LogP contribution < -0.4 is 5.32 Å². The van der Waals surface area contributed by atoms with Gasteiger partial charge in [-0.15, -0.1) is 11.3 Å². The number of hydrogen-bond donors (Lipinski definition) is 1. The number of carbonyl (C=O) groups excluding carboxylic acids is 1. The molecule has 0 unspecified atom stereocenters. The van der Waals surface area contributed by atoms with E-state index in [4.69, 9.17) is 0 Å². The quantitative estimate of drug-likeness (QED) is 0.869. The van der Waals surface area contributed by atoms with Crippen LogP contribution >= 0.6 is 11.3 Å². The van der Waals surface area contributed by atoms with Crippen molar-refractivity contribution in [3.8, 4) is 0 Å². The molecule has 1 N–H and O–H groups in total. The number of piperidine rings is 1. The van der Waals surface area contributed by atoms with Crippen LogP contribution in [0.5, 0.6) is 0 Å². The molecule has 2 heterocycles. The molecule has 0 aliphatic carbocycles. The van der Waals surface area contributed by atoms with Gasteiger partial charge in [-0.25, -0.2) is 8.42 Å². The number of benzene rings is 1. The number of nitrogens with zero attached hydrogens (tertiary/aromatic N) is 1. The number of rotatable bonds is 5. The Morgan fingerprint density at radius 2 is 1.80 bits per heavy atom. The summed E-state index contributed by atoms with van der Waals surface area (Å²) in [6.45, 7) is 3.44. The first-order valence-electron chi connectivity index (χ1n) is 8.40. The van der Waals surface area contributed by atoms with Crippen molar-refractivity contribution in [2.45, 2.75) is 37.6 Å². The Kier molecular flexibility index (Phi) is 5.56. The SMILES string of the molecule is Cc1ccc(CNC(=O)c2sccc2S(=O)(=O)N2CCCCC2)cc1. The molecule has 0 spiro atoms. The Morgan fingerprint density at radius 3 is 2.48 bits per heavy atom. The van der Waals surface area contributed by atoms with Crippen molar-refractivity contribution in [1.29, 1.82) is 0 Å². The van der Waals surface area contributed by atoms with Crippen LogP contribution in [0.15, 0.2) is 40.6 Å². The summed E-state index contributed by atoms with van der Waals surface area (Å²) in [5.74, 6) is -0.342. The number of carbonyl (C=O) groups is 1. The Hall–Kier alpha value is -1.70. The largest absolute Gasteiger partial charge is 0.347 e. The molecule has 1 fully saturated rings. The van der Waals surface area contributed by atoms with Crippen LogP contribution in [0.1, 0.15) is 40.1 Å². The maximum absolute atomic E-state index is 12.8. The van der Waals surface area contributed by atoms with Gasteiger partial charge in [-0.2, -0.15) is 4.31 Å². The lowest BCUT2D eigenvalue weighted by molar-refractivity contribution is 0.0952. The molecule has 0 saturated carbocycles. The van der Waals surface area contributed by atoms with Crippen molar-refractivity contribution in [2.24, 2.45) is 0 Å². The first-order valence-corrected chi connectivity index (χ1v) is 10.7. The summed E-state index contributed by atoms with van der Waals surface area (Å²) >= 11 is 1.17. The zero-order valence-electron chi connectivity index (χ0n) is 14.2. The van der Waals surface area contributed by atoms with Crippen LogP contribution in [-0.4, -0.2) is 31.7 Å². The van der Waals surface area contributed by atoms with Crippen LogP contribution in [0.25, 0.3) is 0 Å². The highest BCUT2D eigenvalue weighted by Gasteiger charge is 2.30. The van der Waals surface area contributed by atoms with Crippen molar-refractivity contribution in [3.63, 3.8) is 0 Å². The fraction of sp³-hybridized carbons (Fsp3) is 0.389. The van der Waals surface area contributed by atoms with Crippen LogP contribution in [0.2, 0.25) is 0 Å². The molecular weight excluding hydrogens is 356 g/mol. The summed E-state index contributed by atoms with van der Waals surface area (Å²) in [6.07, 6.45) is 2.80. The number of aryl methyl sites for hydroxylation is 1. The molecule has 7 heteroatoms. The van der Waals surface area contributed by atoms with Gasteiger partial charge in [0.25, 0.3) is 5.91 Å². The van der Waals surface area contributed by atoms with Crippen LogP contribution in [0, 0.1) is 6.92 Å². The van der Waals surface area contributed by atoms with Gasteiger partial charge in [0.15, 0.2) is 0 Å². The predicted molar refractivity (Wildman–Crippen MR) is 99.3 cm³/mol. The van der Waals surface area contributed by atoms with E-state index in [1.165, 1.54) is 21.7 Å². The summed E-state index contributed by atoms with van der Waals surface area (Å²) in [5.41, 5.74) is 2.14. The van der Waals surface area contributed by atoms with Crippen LogP contribution in [0.4, 0.5) is 0 Å². The summed E-state index contributed by atoms with van der Waals surface area (Å²) in [5, 5.41) is 4.49. The summed E-state index contributed by atoms with van der Waals surface area (Å²) in [7, 11) is -3.60. The summed E-state index contributed by atoms with van der Waals surface area (Å²) < 4.78 is 27.2. The van der Waals surface area contributed by atoms with Gasteiger partial charge >= 0.3 is 0 Å². The summed E-state index contributed by atoms with van der Waals surface area (Å²) in [4.78, 5) is 12.9. The van der Waals surface area contributed by atoms with Crippen LogP contribution in [-0.2, 0) is 16.6 Å². The molecule has 0 radical (unpaired) electrons. The zero-order valence-corrected chi connectivity index (χ0v) is 15.8. The van der Waals surface area contributed by atoms with E-state index in [0.29, 0.717) is 19.6 Å². The molecule has 1 amide bonds. The highest BCUT2D eigenvalue weighted by atomic mass is 32.2. The van der Waals surface area contributed by atoms with E-state index in [1.807, 2.05) is 31.2 Å². The van der Waals surface area contributed by atoms with Gasteiger partial charge in [0, 0.05) is 19.6 Å². The first-order chi connectivity index (χ1) is 12.0. The Bertz CT molecular complexity index is 835. The number of thiophene rings is 1. The first kappa shape index (κ1) is 18.1. The standard InChI is InChI=1S/C18H22N2O3S2/c1-14-5-7-15(8-6-14)13-19-18(21)17-16(9-12-24-17)25(22,23)20-10-3-2-4-11-20/h5-9,12H,2-4,10-11,13H2,1H3,(H,19,21). The molecule has 25 heavy (non-hydrogen) atoms. The number of hydrogen-bond acceptors (Lipinski definition) is 4. The van der Waals surface area contributed by atoms with E-state index >= 15 is 0 Å². The molecule has 1 saturated heterocycles. The molecule has 2 aromatic rings. The number of nitrogens with one attached hydrogen (secondary N) is 1. The minimum Gasteiger partial charge on any atom is -0.347 e. The molecule has 1 aromatic heterocycles. The topological polar surface area (TPSA) is 66.5 Å². The molecule has 134 valence electrons. The Labute approximate surface area is 152 Å². The van der Waals surface area contributed by atoms with Gasteiger partial charge in [-0.3, -0.25) is 4.79 Å². The zero-order chi connectivity index (χ0) is 17.9. The summed E-state index contributed by atoms with van der Waals surface area (Å²) in [6, 6.07) is 9.41. The number of sulfonamides is 1. The lowest BCUT2D eigenvalue weighted by Gasteiger charge is -2.25. The van der Waals surface area contributed by atoms with E-state index in [9.17, 15) is 13.2 Å². The number of amides is 1. The van der Waals surface area contributed by atoms with Gasteiger partial charge in [0.05, 0.1) is 0 Å². The molecule has 1 aromatic carbocycles. The molecule has 0 bridgehead atoms. The second-order valence-corrected chi connectivity index (χ2v) is 9.07. The maximum Gasteiger partial charge on any atom is 0.263 e. The highest BCUT2D eigenvalue weighted by Crippen LogP contribution is 2.27. The minimum absolute atomic E-state index is 0.126. The van der Waals surface area contributed by atoms with Crippen molar-refractivity contribution in [1.82, 2.24) is 9.62 Å². The van der Waals surface area contributed by atoms with E-state index in [0.717, 1.165) is 30.4 Å². The maximum atomic E-state index is 12.8. The molecule has 3 rings (SSSR count). The van der Waals surface area contributed by atoms with Gasteiger partial charge in [0.2, 0.25) is 10.0 Å².